The molecule has 0 aromatic heterocycles. The van der Waals surface area contributed by atoms with E-state index in [4.69, 9.17) is 20.6 Å². The minimum absolute atomic E-state index is 0. The highest BCUT2D eigenvalue weighted by atomic mass is 35.5. The number of rotatable bonds is 9. The van der Waals surface area contributed by atoms with Crippen molar-refractivity contribution >= 4 is 31.6 Å². The standard InChI is InChI=1S/C17H29ClNO3P.ClH/c1-13(2)21-23(20,22-14(3)4)16(18)17(5,6)19-12-15-10-8-7-9-11-15;/h7-11,13-14,16,19H,12H2,1-6H3;1H. The number of alkyl halides is 1. The summed E-state index contributed by atoms with van der Waals surface area (Å²) in [6.07, 6.45) is -0.462. The van der Waals surface area contributed by atoms with E-state index in [9.17, 15) is 4.57 Å². The number of halogens is 2. The molecule has 0 aliphatic carbocycles. The first-order valence-corrected chi connectivity index (χ1v) is 10.0. The smallest absolute Gasteiger partial charge is 0.306 e. The van der Waals surface area contributed by atoms with Crippen molar-refractivity contribution in [3.63, 3.8) is 0 Å². The zero-order chi connectivity index (χ0) is 17.7. The molecule has 0 heterocycles. The van der Waals surface area contributed by atoms with Gasteiger partial charge >= 0.3 is 7.60 Å². The molecule has 0 amide bonds. The zero-order valence-electron chi connectivity index (χ0n) is 15.3. The Morgan fingerprint density at radius 3 is 1.96 bits per heavy atom. The van der Waals surface area contributed by atoms with Crippen LogP contribution < -0.4 is 5.32 Å². The molecule has 1 unspecified atom stereocenters. The molecule has 1 atom stereocenters. The van der Waals surface area contributed by atoms with E-state index in [2.05, 4.69) is 5.32 Å². The summed E-state index contributed by atoms with van der Waals surface area (Å²) in [5.74, 6) is 0. The molecule has 0 fully saturated rings. The molecule has 0 aliphatic rings. The Balaban J connectivity index is 0.00000529. The lowest BCUT2D eigenvalue weighted by atomic mass is 10.1. The SMILES string of the molecule is CC(C)OP(=O)(OC(C)C)C(Cl)C(C)(C)NCc1ccccc1.Cl. The van der Waals surface area contributed by atoms with Crippen LogP contribution in [0.4, 0.5) is 0 Å². The molecule has 1 rings (SSSR count). The van der Waals surface area contributed by atoms with Crippen molar-refractivity contribution in [1.82, 2.24) is 5.32 Å². The molecule has 7 heteroatoms. The molecule has 1 N–H and O–H groups in total. The van der Waals surface area contributed by atoms with Crippen LogP contribution >= 0.6 is 31.6 Å². The fourth-order valence-corrected chi connectivity index (χ4v) is 4.80. The second-order valence-electron chi connectivity index (χ2n) is 6.74. The van der Waals surface area contributed by atoms with E-state index in [1.54, 1.807) is 0 Å². The van der Waals surface area contributed by atoms with Crippen LogP contribution in [0.1, 0.15) is 47.1 Å². The molecule has 1 aromatic rings. The summed E-state index contributed by atoms with van der Waals surface area (Å²) in [5, 5.41) is 2.56. The van der Waals surface area contributed by atoms with Gasteiger partial charge < -0.3 is 14.4 Å². The van der Waals surface area contributed by atoms with Crippen molar-refractivity contribution in [1.29, 1.82) is 0 Å². The third-order valence-corrected chi connectivity index (χ3v) is 7.07. The number of nitrogens with one attached hydrogen (secondary N) is 1. The Labute approximate surface area is 157 Å². The molecular formula is C17H30Cl2NO3P. The van der Waals surface area contributed by atoms with Crippen LogP contribution in [-0.2, 0) is 20.2 Å². The van der Waals surface area contributed by atoms with E-state index in [-0.39, 0.29) is 24.6 Å². The van der Waals surface area contributed by atoms with Crippen LogP contribution in [0.2, 0.25) is 0 Å². The highest BCUT2D eigenvalue weighted by Crippen LogP contribution is 2.59. The van der Waals surface area contributed by atoms with Crippen LogP contribution in [0.15, 0.2) is 30.3 Å². The van der Waals surface area contributed by atoms with Crippen molar-refractivity contribution < 1.29 is 13.6 Å². The average molecular weight is 398 g/mol. The van der Waals surface area contributed by atoms with Crippen molar-refractivity contribution in [2.24, 2.45) is 0 Å². The third-order valence-electron chi connectivity index (χ3n) is 3.18. The Morgan fingerprint density at radius 1 is 1.08 bits per heavy atom. The van der Waals surface area contributed by atoms with Gasteiger partial charge in [-0.1, -0.05) is 30.3 Å². The van der Waals surface area contributed by atoms with Gasteiger partial charge in [0.15, 0.2) is 5.12 Å². The maximum atomic E-state index is 13.2. The van der Waals surface area contributed by atoms with Gasteiger partial charge in [-0.15, -0.1) is 24.0 Å². The lowest BCUT2D eigenvalue weighted by Crippen LogP contribution is -2.47. The summed E-state index contributed by atoms with van der Waals surface area (Å²) in [6.45, 7) is 11.7. The molecule has 140 valence electrons. The van der Waals surface area contributed by atoms with Gasteiger partial charge in [-0.25, -0.2) is 0 Å². The number of hydrogen-bond donors (Lipinski definition) is 1. The summed E-state index contributed by atoms with van der Waals surface area (Å²) in [6, 6.07) is 10.00. The summed E-state index contributed by atoms with van der Waals surface area (Å²) < 4.78 is 24.4. The van der Waals surface area contributed by atoms with E-state index in [1.807, 2.05) is 71.9 Å². The van der Waals surface area contributed by atoms with Gasteiger partial charge in [0.25, 0.3) is 0 Å². The van der Waals surface area contributed by atoms with Gasteiger partial charge in [0, 0.05) is 12.1 Å². The van der Waals surface area contributed by atoms with E-state index in [0.717, 1.165) is 5.56 Å². The van der Waals surface area contributed by atoms with Gasteiger partial charge in [-0.05, 0) is 47.1 Å². The number of benzene rings is 1. The Hall–Kier alpha value is -0.0900. The van der Waals surface area contributed by atoms with Crippen LogP contribution in [0, 0.1) is 0 Å². The van der Waals surface area contributed by atoms with Crippen molar-refractivity contribution in [3.05, 3.63) is 35.9 Å². The molecule has 24 heavy (non-hydrogen) atoms. The van der Waals surface area contributed by atoms with E-state index in [1.165, 1.54) is 0 Å². The maximum absolute atomic E-state index is 13.2. The molecule has 0 radical (unpaired) electrons. The van der Waals surface area contributed by atoms with E-state index in [0.29, 0.717) is 6.54 Å². The highest BCUT2D eigenvalue weighted by Gasteiger charge is 2.46. The molecule has 0 bridgehead atoms. The normalized spacial score (nSPS) is 13.9. The fraction of sp³-hybridized carbons (Fsp3) is 0.647. The predicted molar refractivity (Wildman–Crippen MR) is 104 cm³/mol. The zero-order valence-corrected chi connectivity index (χ0v) is 17.8. The molecule has 0 aliphatic heterocycles. The van der Waals surface area contributed by atoms with Crippen LogP contribution in [-0.4, -0.2) is 22.9 Å². The highest BCUT2D eigenvalue weighted by molar-refractivity contribution is 7.56. The van der Waals surface area contributed by atoms with Crippen LogP contribution in [0.5, 0.6) is 0 Å². The largest absolute Gasteiger partial charge is 0.350 e. The third kappa shape index (κ3) is 7.43. The molecule has 1 aromatic carbocycles. The Morgan fingerprint density at radius 2 is 1.54 bits per heavy atom. The number of hydrogen-bond acceptors (Lipinski definition) is 4. The summed E-state index contributed by atoms with van der Waals surface area (Å²) in [7, 11) is -3.46. The minimum atomic E-state index is -3.46. The van der Waals surface area contributed by atoms with E-state index < -0.39 is 18.3 Å². The summed E-state index contributed by atoms with van der Waals surface area (Å²) >= 11 is 6.56. The molecule has 0 spiro atoms. The molecule has 4 nitrogen and oxygen atoms in total. The van der Waals surface area contributed by atoms with Crippen molar-refractivity contribution in [2.75, 3.05) is 0 Å². The van der Waals surface area contributed by atoms with Crippen LogP contribution in [0.3, 0.4) is 0 Å². The second kappa shape index (κ2) is 10.2. The average Bonchev–Trinajstić information content (AvgIpc) is 2.43. The minimum Gasteiger partial charge on any atom is -0.306 e. The predicted octanol–water partition coefficient (Wildman–Crippen LogP) is 5.58. The second-order valence-corrected chi connectivity index (χ2v) is 9.50. The quantitative estimate of drug-likeness (QED) is 0.436. The first-order valence-electron chi connectivity index (χ1n) is 7.96. The summed E-state index contributed by atoms with van der Waals surface area (Å²) in [4.78, 5) is 0. The monoisotopic (exact) mass is 397 g/mol. The fourth-order valence-electron chi connectivity index (χ4n) is 2.12. The maximum Gasteiger partial charge on any atom is 0.350 e. The molecule has 0 saturated carbocycles. The van der Waals surface area contributed by atoms with Crippen molar-refractivity contribution in [2.45, 2.75) is 71.0 Å². The van der Waals surface area contributed by atoms with E-state index >= 15 is 0 Å². The van der Waals surface area contributed by atoms with Gasteiger partial charge in [0.2, 0.25) is 0 Å². The Bertz CT molecular complexity index is 510. The summed E-state index contributed by atoms with van der Waals surface area (Å²) in [5.41, 5.74) is 0.505. The lowest BCUT2D eigenvalue weighted by molar-refractivity contribution is 0.135. The van der Waals surface area contributed by atoms with Gasteiger partial charge in [0.1, 0.15) is 0 Å². The molecular weight excluding hydrogens is 368 g/mol. The first-order chi connectivity index (χ1) is 10.6. The van der Waals surface area contributed by atoms with Gasteiger partial charge in [0.05, 0.1) is 12.2 Å². The van der Waals surface area contributed by atoms with Crippen molar-refractivity contribution in [3.8, 4) is 0 Å². The first kappa shape index (κ1) is 23.9. The Kier molecular flexibility index (Phi) is 10.1. The molecule has 0 saturated heterocycles. The topological polar surface area (TPSA) is 47.6 Å². The van der Waals surface area contributed by atoms with Gasteiger partial charge in [-0.2, -0.15) is 0 Å². The lowest BCUT2D eigenvalue weighted by Gasteiger charge is -2.36. The van der Waals surface area contributed by atoms with Gasteiger partial charge in [-0.3, -0.25) is 4.57 Å². The van der Waals surface area contributed by atoms with Crippen LogP contribution in [0.25, 0.3) is 0 Å².